The van der Waals surface area contributed by atoms with Crippen LogP contribution in [0.15, 0.2) is 29.6 Å². The van der Waals surface area contributed by atoms with Crippen molar-refractivity contribution in [3.8, 4) is 10.7 Å². The summed E-state index contributed by atoms with van der Waals surface area (Å²) in [6, 6.07) is 7.72. The lowest BCUT2D eigenvalue weighted by Gasteiger charge is -2.05. The smallest absolute Gasteiger partial charge is 0.173 e. The molecule has 5 heteroatoms. The van der Waals surface area contributed by atoms with Crippen molar-refractivity contribution in [1.29, 1.82) is 0 Å². The van der Waals surface area contributed by atoms with Crippen molar-refractivity contribution in [2.75, 3.05) is 0 Å². The van der Waals surface area contributed by atoms with E-state index >= 15 is 0 Å². The summed E-state index contributed by atoms with van der Waals surface area (Å²) in [4.78, 5) is 9.73. The monoisotopic (exact) mass is 294 g/mol. The van der Waals surface area contributed by atoms with Gasteiger partial charge >= 0.3 is 0 Å². The van der Waals surface area contributed by atoms with Gasteiger partial charge in [-0.25, -0.2) is 9.97 Å². The molecule has 0 aliphatic heterocycles. The quantitative estimate of drug-likeness (QED) is 0.592. The Balaban J connectivity index is 2.32. The molecule has 0 fully saturated rings. The van der Waals surface area contributed by atoms with Gasteiger partial charge in [-0.2, -0.15) is 0 Å². The molecule has 0 saturated heterocycles. The summed E-state index contributed by atoms with van der Waals surface area (Å²) in [5.41, 5.74) is 1.91. The third-order valence-corrected chi connectivity index (χ3v) is 4.32. The highest BCUT2D eigenvalue weighted by Gasteiger charge is 2.12. The summed E-state index contributed by atoms with van der Waals surface area (Å²) in [5, 5.41) is 3.94. The first-order chi connectivity index (χ1) is 8.66. The molecule has 3 aromatic rings. The van der Waals surface area contributed by atoms with E-state index in [-0.39, 0.29) is 0 Å². The van der Waals surface area contributed by atoms with Crippen LogP contribution in [0, 0.1) is 6.92 Å². The fourth-order valence-corrected chi connectivity index (χ4v) is 3.26. The van der Waals surface area contributed by atoms with E-state index in [1.807, 2.05) is 36.6 Å². The minimum atomic E-state index is 0.470. The number of hydrogen-bond acceptors (Lipinski definition) is 3. The van der Waals surface area contributed by atoms with Crippen LogP contribution in [0.1, 0.15) is 5.56 Å². The highest BCUT2D eigenvalue weighted by atomic mass is 35.5. The molecular formula is C13H8Cl2N2S. The van der Waals surface area contributed by atoms with Gasteiger partial charge in [0.2, 0.25) is 0 Å². The van der Waals surface area contributed by atoms with E-state index in [1.165, 1.54) is 11.3 Å². The van der Waals surface area contributed by atoms with Crippen LogP contribution in [0.4, 0.5) is 0 Å². The molecule has 90 valence electrons. The molecule has 0 amide bonds. The molecule has 2 aromatic heterocycles. The molecule has 0 N–H and O–H groups in total. The molecule has 3 rings (SSSR count). The lowest BCUT2D eigenvalue weighted by atomic mass is 10.1. The first kappa shape index (κ1) is 11.9. The number of aromatic nitrogens is 2. The maximum Gasteiger partial charge on any atom is 0.173 e. The number of benzene rings is 1. The van der Waals surface area contributed by atoms with E-state index < -0.39 is 0 Å². The number of nitrogens with zero attached hydrogens (tertiary/aromatic N) is 2. The lowest BCUT2D eigenvalue weighted by molar-refractivity contribution is 1.23. The first-order valence-corrected chi connectivity index (χ1v) is 6.96. The number of fused-ring (bicyclic) bond motifs is 1. The Labute approximate surface area is 118 Å². The van der Waals surface area contributed by atoms with Gasteiger partial charge in [0.05, 0.1) is 15.4 Å². The Morgan fingerprint density at radius 2 is 1.94 bits per heavy atom. The number of aryl methyl sites for hydroxylation is 1. The molecule has 0 aliphatic carbocycles. The second kappa shape index (κ2) is 4.50. The molecule has 0 aliphatic rings. The molecule has 0 saturated carbocycles. The standard InChI is InChI=1S/C13H8Cl2N2S/c1-7-3-2-4-9-10(7)12(15)17-13(16-9)11-8(14)5-6-18-11/h2-6H,1H3. The first-order valence-electron chi connectivity index (χ1n) is 5.33. The summed E-state index contributed by atoms with van der Waals surface area (Å²) in [6.07, 6.45) is 0. The molecule has 0 radical (unpaired) electrons. The number of rotatable bonds is 1. The summed E-state index contributed by atoms with van der Waals surface area (Å²) in [6.45, 7) is 2.00. The van der Waals surface area contributed by atoms with Gasteiger partial charge in [0.1, 0.15) is 5.15 Å². The Bertz CT molecular complexity index is 737. The Morgan fingerprint density at radius 1 is 1.11 bits per heavy atom. The average Bonchev–Trinajstić information content (AvgIpc) is 2.75. The van der Waals surface area contributed by atoms with Crippen LogP contribution >= 0.6 is 34.5 Å². The zero-order valence-electron chi connectivity index (χ0n) is 9.45. The van der Waals surface area contributed by atoms with Crippen LogP contribution in [-0.2, 0) is 0 Å². The van der Waals surface area contributed by atoms with Crippen LogP contribution in [0.3, 0.4) is 0 Å². The normalized spacial score (nSPS) is 11.1. The van der Waals surface area contributed by atoms with E-state index in [4.69, 9.17) is 23.2 Å². The highest BCUT2D eigenvalue weighted by molar-refractivity contribution is 7.14. The van der Waals surface area contributed by atoms with Crippen molar-refractivity contribution in [2.45, 2.75) is 6.92 Å². The van der Waals surface area contributed by atoms with Crippen molar-refractivity contribution in [3.63, 3.8) is 0 Å². The second-order valence-electron chi connectivity index (χ2n) is 3.90. The van der Waals surface area contributed by atoms with Crippen LogP contribution in [-0.4, -0.2) is 9.97 Å². The van der Waals surface area contributed by atoms with E-state index in [2.05, 4.69) is 9.97 Å². The topological polar surface area (TPSA) is 25.8 Å². The van der Waals surface area contributed by atoms with E-state index in [9.17, 15) is 0 Å². The fraction of sp³-hybridized carbons (Fsp3) is 0.0769. The van der Waals surface area contributed by atoms with Gasteiger partial charge in [-0.1, -0.05) is 35.3 Å². The largest absolute Gasteiger partial charge is 0.227 e. The van der Waals surface area contributed by atoms with Gasteiger partial charge in [-0.05, 0) is 30.0 Å². The molecule has 0 atom stereocenters. The van der Waals surface area contributed by atoms with E-state index in [1.54, 1.807) is 0 Å². The molecule has 0 unspecified atom stereocenters. The molecule has 2 nitrogen and oxygen atoms in total. The maximum absolute atomic E-state index is 6.25. The van der Waals surface area contributed by atoms with Gasteiger partial charge in [0.25, 0.3) is 0 Å². The van der Waals surface area contributed by atoms with Crippen LogP contribution in [0.2, 0.25) is 10.2 Å². The third-order valence-electron chi connectivity index (χ3n) is 2.71. The number of thiophene rings is 1. The summed E-state index contributed by atoms with van der Waals surface area (Å²) in [7, 11) is 0. The Morgan fingerprint density at radius 3 is 2.67 bits per heavy atom. The van der Waals surface area contributed by atoms with Crippen molar-refractivity contribution < 1.29 is 0 Å². The summed E-state index contributed by atoms with van der Waals surface area (Å²) in [5.74, 6) is 0.582. The lowest BCUT2D eigenvalue weighted by Crippen LogP contribution is -1.92. The summed E-state index contributed by atoms with van der Waals surface area (Å²) < 4.78 is 0. The fourth-order valence-electron chi connectivity index (χ4n) is 1.86. The average molecular weight is 295 g/mol. The molecule has 2 heterocycles. The van der Waals surface area contributed by atoms with Crippen LogP contribution in [0.5, 0.6) is 0 Å². The SMILES string of the molecule is Cc1cccc2nc(-c3sccc3Cl)nc(Cl)c12. The maximum atomic E-state index is 6.25. The van der Waals surface area contributed by atoms with Crippen molar-refractivity contribution in [1.82, 2.24) is 9.97 Å². The van der Waals surface area contributed by atoms with Crippen LogP contribution < -0.4 is 0 Å². The molecule has 18 heavy (non-hydrogen) atoms. The van der Waals surface area contributed by atoms with Crippen LogP contribution in [0.25, 0.3) is 21.6 Å². The Hall–Kier alpha value is -1.16. The number of hydrogen-bond donors (Lipinski definition) is 0. The van der Waals surface area contributed by atoms with Gasteiger partial charge in [0.15, 0.2) is 5.82 Å². The van der Waals surface area contributed by atoms with Crippen molar-refractivity contribution >= 4 is 45.4 Å². The second-order valence-corrected chi connectivity index (χ2v) is 5.59. The zero-order valence-corrected chi connectivity index (χ0v) is 11.8. The molecule has 0 bridgehead atoms. The number of halogens is 2. The van der Waals surface area contributed by atoms with Crippen molar-refractivity contribution in [3.05, 3.63) is 45.4 Å². The summed E-state index contributed by atoms with van der Waals surface area (Å²) >= 11 is 13.9. The van der Waals surface area contributed by atoms with Gasteiger partial charge in [0, 0.05) is 5.39 Å². The van der Waals surface area contributed by atoms with Gasteiger partial charge < -0.3 is 0 Å². The predicted molar refractivity (Wildman–Crippen MR) is 77.6 cm³/mol. The minimum Gasteiger partial charge on any atom is -0.227 e. The Kier molecular flexibility index (Phi) is 2.98. The molecular weight excluding hydrogens is 287 g/mol. The highest BCUT2D eigenvalue weighted by Crippen LogP contribution is 2.33. The molecule has 0 spiro atoms. The zero-order chi connectivity index (χ0) is 12.7. The van der Waals surface area contributed by atoms with Gasteiger partial charge in [-0.15, -0.1) is 11.3 Å². The molecule has 1 aromatic carbocycles. The predicted octanol–water partition coefficient (Wildman–Crippen LogP) is 4.97. The third kappa shape index (κ3) is 1.88. The van der Waals surface area contributed by atoms with Crippen molar-refractivity contribution in [2.24, 2.45) is 0 Å². The minimum absolute atomic E-state index is 0.470. The van der Waals surface area contributed by atoms with Gasteiger partial charge in [-0.3, -0.25) is 0 Å². The van der Waals surface area contributed by atoms with E-state index in [0.29, 0.717) is 16.0 Å². The van der Waals surface area contributed by atoms with E-state index in [0.717, 1.165) is 21.3 Å².